The second kappa shape index (κ2) is 12.2. The highest BCUT2D eigenvalue weighted by Crippen LogP contribution is 1.92. The molecule has 15 heavy (non-hydrogen) atoms. The first-order valence-electron chi connectivity index (χ1n) is 4.96. The van der Waals surface area contributed by atoms with E-state index in [0.29, 0.717) is 45.5 Å². The van der Waals surface area contributed by atoms with Gasteiger partial charge in [-0.15, -0.1) is 11.6 Å². The van der Waals surface area contributed by atoms with Gasteiger partial charge in [-0.1, -0.05) is 0 Å². The summed E-state index contributed by atoms with van der Waals surface area (Å²) in [5.74, 6) is 0.403. The Morgan fingerprint density at radius 1 is 1.00 bits per heavy atom. The van der Waals surface area contributed by atoms with E-state index in [-0.39, 0.29) is 6.10 Å². The van der Waals surface area contributed by atoms with E-state index in [1.165, 1.54) is 0 Å². The van der Waals surface area contributed by atoms with Crippen molar-refractivity contribution in [1.29, 1.82) is 0 Å². The van der Waals surface area contributed by atoms with Crippen LogP contribution < -0.4 is 0 Å². The second-order valence-electron chi connectivity index (χ2n) is 2.86. The summed E-state index contributed by atoms with van der Waals surface area (Å²) in [6.07, 6.45) is -0.159. The van der Waals surface area contributed by atoms with Gasteiger partial charge in [0, 0.05) is 13.0 Å². The summed E-state index contributed by atoms with van der Waals surface area (Å²) in [7, 11) is 1.64. The molecular weight excluding hydrogens is 220 g/mol. The molecule has 91 valence electrons. The number of rotatable bonds is 11. The summed E-state index contributed by atoms with van der Waals surface area (Å²) in [6, 6.07) is 0. The van der Waals surface area contributed by atoms with Crippen LogP contribution in [0.4, 0.5) is 0 Å². The van der Waals surface area contributed by atoms with Gasteiger partial charge in [0.05, 0.1) is 45.7 Å². The summed E-state index contributed by atoms with van der Waals surface area (Å²) in [5.41, 5.74) is 0. The molecule has 0 aromatic rings. The number of hydrogen-bond donors (Lipinski definition) is 0. The molecule has 0 aromatic heterocycles. The monoisotopic (exact) mass is 239 g/mol. The highest BCUT2D eigenvalue weighted by Gasteiger charge is 1.98. The van der Waals surface area contributed by atoms with Gasteiger partial charge in [0.1, 0.15) is 0 Å². The molecule has 0 aliphatic heterocycles. The fourth-order valence-corrected chi connectivity index (χ4v) is 0.872. The molecule has 0 spiro atoms. The molecule has 0 saturated carbocycles. The lowest BCUT2D eigenvalue weighted by atomic mass is 10.5. The SMILES string of the molecule is [CH2]C(CCl)OCCOCCOCCOC. The molecule has 4 nitrogen and oxygen atoms in total. The number of hydrogen-bond acceptors (Lipinski definition) is 4. The molecule has 0 saturated heterocycles. The average molecular weight is 240 g/mol. The molecule has 0 fully saturated rings. The fourth-order valence-electron chi connectivity index (χ4n) is 0.782. The van der Waals surface area contributed by atoms with Crippen LogP contribution >= 0.6 is 11.6 Å². The van der Waals surface area contributed by atoms with Crippen LogP contribution in [0, 0.1) is 6.92 Å². The van der Waals surface area contributed by atoms with Gasteiger partial charge in [-0.3, -0.25) is 0 Å². The normalized spacial score (nSPS) is 13.0. The second-order valence-corrected chi connectivity index (χ2v) is 3.17. The lowest BCUT2D eigenvalue weighted by Crippen LogP contribution is -2.16. The lowest BCUT2D eigenvalue weighted by molar-refractivity contribution is -0.00348. The lowest BCUT2D eigenvalue weighted by Gasteiger charge is -2.09. The van der Waals surface area contributed by atoms with Gasteiger partial charge >= 0.3 is 0 Å². The van der Waals surface area contributed by atoms with E-state index in [1.54, 1.807) is 7.11 Å². The van der Waals surface area contributed by atoms with Crippen molar-refractivity contribution in [2.24, 2.45) is 0 Å². The summed E-state index contributed by atoms with van der Waals surface area (Å²) >= 11 is 5.50. The van der Waals surface area contributed by atoms with Crippen LogP contribution in [-0.4, -0.2) is 58.7 Å². The standard InChI is InChI=1S/C10H20ClO4/c1-10(9-11)15-8-7-14-6-5-13-4-3-12-2/h10H,1,3-9H2,2H3. The summed E-state index contributed by atoms with van der Waals surface area (Å²) < 4.78 is 20.5. The zero-order valence-electron chi connectivity index (χ0n) is 9.25. The molecule has 0 aromatic carbocycles. The highest BCUT2D eigenvalue weighted by atomic mass is 35.5. The van der Waals surface area contributed by atoms with Crippen molar-refractivity contribution in [2.45, 2.75) is 6.10 Å². The number of alkyl halides is 1. The topological polar surface area (TPSA) is 36.9 Å². The first-order chi connectivity index (χ1) is 7.31. The van der Waals surface area contributed by atoms with Gasteiger partial charge in [0.2, 0.25) is 0 Å². The van der Waals surface area contributed by atoms with Crippen molar-refractivity contribution in [3.05, 3.63) is 6.92 Å². The van der Waals surface area contributed by atoms with Crippen molar-refractivity contribution in [1.82, 2.24) is 0 Å². The van der Waals surface area contributed by atoms with Crippen LogP contribution in [0.1, 0.15) is 0 Å². The van der Waals surface area contributed by atoms with E-state index in [4.69, 9.17) is 30.5 Å². The number of halogens is 1. The van der Waals surface area contributed by atoms with Gasteiger partial charge in [-0.05, 0) is 6.92 Å². The third-order valence-corrected chi connectivity index (χ3v) is 1.90. The maximum absolute atomic E-state index is 5.50. The molecule has 1 radical (unpaired) electrons. The molecule has 0 aliphatic carbocycles. The minimum atomic E-state index is -0.159. The van der Waals surface area contributed by atoms with Crippen LogP contribution in [0.15, 0.2) is 0 Å². The smallest absolute Gasteiger partial charge is 0.0712 e. The first-order valence-corrected chi connectivity index (χ1v) is 5.49. The molecule has 0 heterocycles. The maximum atomic E-state index is 5.50. The van der Waals surface area contributed by atoms with Crippen LogP contribution in [-0.2, 0) is 18.9 Å². The van der Waals surface area contributed by atoms with Gasteiger partial charge in [-0.25, -0.2) is 0 Å². The Morgan fingerprint density at radius 2 is 1.53 bits per heavy atom. The minimum absolute atomic E-state index is 0.159. The maximum Gasteiger partial charge on any atom is 0.0712 e. The van der Waals surface area contributed by atoms with E-state index >= 15 is 0 Å². The summed E-state index contributed by atoms with van der Waals surface area (Å²) in [4.78, 5) is 0. The Bertz CT molecular complexity index is 124. The van der Waals surface area contributed by atoms with Crippen molar-refractivity contribution in [3.63, 3.8) is 0 Å². The van der Waals surface area contributed by atoms with Crippen molar-refractivity contribution >= 4 is 11.6 Å². The predicted molar refractivity (Wildman–Crippen MR) is 59.3 cm³/mol. The van der Waals surface area contributed by atoms with Crippen molar-refractivity contribution in [2.75, 3.05) is 52.6 Å². The van der Waals surface area contributed by atoms with Crippen LogP contribution in [0.25, 0.3) is 0 Å². The Morgan fingerprint density at radius 3 is 2.07 bits per heavy atom. The molecule has 1 atom stereocenters. The third kappa shape index (κ3) is 12.1. The Labute approximate surface area is 96.8 Å². The van der Waals surface area contributed by atoms with Gasteiger partial charge < -0.3 is 18.9 Å². The summed E-state index contributed by atoms with van der Waals surface area (Å²) in [5, 5.41) is 0. The van der Waals surface area contributed by atoms with E-state index in [1.807, 2.05) is 0 Å². The fraction of sp³-hybridized carbons (Fsp3) is 0.900. The van der Waals surface area contributed by atoms with E-state index in [9.17, 15) is 0 Å². The molecule has 1 unspecified atom stereocenters. The van der Waals surface area contributed by atoms with Crippen molar-refractivity contribution in [3.8, 4) is 0 Å². The summed E-state index contributed by atoms with van der Waals surface area (Å²) in [6.45, 7) is 7.08. The van der Waals surface area contributed by atoms with Crippen LogP contribution in [0.2, 0.25) is 0 Å². The molecule has 0 amide bonds. The third-order valence-electron chi connectivity index (χ3n) is 1.56. The zero-order valence-corrected chi connectivity index (χ0v) is 10.0. The molecule has 0 aliphatic rings. The highest BCUT2D eigenvalue weighted by molar-refractivity contribution is 6.18. The molecule has 0 bridgehead atoms. The largest absolute Gasteiger partial charge is 0.382 e. The Balaban J connectivity index is 2.92. The predicted octanol–water partition coefficient (Wildman–Crippen LogP) is 1.12. The molecule has 5 heteroatoms. The molecule has 0 N–H and O–H groups in total. The van der Waals surface area contributed by atoms with Gasteiger partial charge in [0.15, 0.2) is 0 Å². The Hall–Kier alpha value is 0.130. The van der Waals surface area contributed by atoms with E-state index in [0.717, 1.165) is 0 Å². The van der Waals surface area contributed by atoms with E-state index in [2.05, 4.69) is 6.92 Å². The first kappa shape index (κ1) is 15.1. The quantitative estimate of drug-likeness (QED) is 0.400. The molecule has 0 rings (SSSR count). The van der Waals surface area contributed by atoms with Gasteiger partial charge in [0.25, 0.3) is 0 Å². The Kier molecular flexibility index (Phi) is 12.3. The van der Waals surface area contributed by atoms with E-state index < -0.39 is 0 Å². The number of methoxy groups -OCH3 is 1. The zero-order chi connectivity index (χ0) is 11.4. The van der Waals surface area contributed by atoms with Gasteiger partial charge in [-0.2, -0.15) is 0 Å². The minimum Gasteiger partial charge on any atom is -0.382 e. The van der Waals surface area contributed by atoms with Crippen LogP contribution in [0.5, 0.6) is 0 Å². The number of ether oxygens (including phenoxy) is 4. The van der Waals surface area contributed by atoms with Crippen LogP contribution in [0.3, 0.4) is 0 Å². The van der Waals surface area contributed by atoms with Crippen molar-refractivity contribution < 1.29 is 18.9 Å². The molecular formula is C10H20ClO4. The average Bonchev–Trinajstić information content (AvgIpc) is 2.26.